The van der Waals surface area contributed by atoms with E-state index in [9.17, 15) is 10.5 Å². The van der Waals surface area contributed by atoms with E-state index in [0.29, 0.717) is 16.8 Å². The van der Waals surface area contributed by atoms with E-state index in [1.165, 1.54) is 10.8 Å². The van der Waals surface area contributed by atoms with Crippen molar-refractivity contribution in [3.05, 3.63) is 174 Å². The van der Waals surface area contributed by atoms with E-state index in [-0.39, 0.29) is 0 Å². The zero-order valence-electron chi connectivity index (χ0n) is 26.7. The Kier molecular flexibility index (Phi) is 6.56. The summed E-state index contributed by atoms with van der Waals surface area (Å²) in [4.78, 5) is 3.65. The average Bonchev–Trinajstić information content (AvgIpc) is 3.69. The number of fused-ring (bicyclic) bond motifs is 6. The van der Waals surface area contributed by atoms with Crippen LogP contribution < -0.4 is 0 Å². The number of nitriles is 2. The second kappa shape index (κ2) is 11.4. The SMILES string of the molecule is [C-]#[N+]c1ccc2c(c1)c1ccc(C#N)cc1n2-c1cccc(-c2ccc(-c3c(C#N)cccc3-n3c4ccccc4c4ccccc43)cc2)c1. The van der Waals surface area contributed by atoms with Crippen LogP contribution in [0.4, 0.5) is 5.69 Å². The van der Waals surface area contributed by atoms with Gasteiger partial charge in [-0.1, -0.05) is 91.0 Å². The third kappa shape index (κ3) is 4.38. The summed E-state index contributed by atoms with van der Waals surface area (Å²) in [6, 6.07) is 55.7. The van der Waals surface area contributed by atoms with Crippen LogP contribution in [0.2, 0.25) is 0 Å². The van der Waals surface area contributed by atoms with Gasteiger partial charge in [-0.25, -0.2) is 4.85 Å². The first-order valence-corrected chi connectivity index (χ1v) is 16.3. The van der Waals surface area contributed by atoms with Gasteiger partial charge in [0.15, 0.2) is 5.69 Å². The minimum atomic E-state index is 0.578. The minimum absolute atomic E-state index is 0.578. The fourth-order valence-electron chi connectivity index (χ4n) is 7.39. The van der Waals surface area contributed by atoms with Crippen molar-refractivity contribution in [3.8, 4) is 45.8 Å². The number of hydrogen-bond donors (Lipinski definition) is 0. The van der Waals surface area contributed by atoms with Gasteiger partial charge in [-0.3, -0.25) is 0 Å². The fourth-order valence-corrected chi connectivity index (χ4v) is 7.39. The summed E-state index contributed by atoms with van der Waals surface area (Å²) in [6.45, 7) is 7.55. The van der Waals surface area contributed by atoms with Gasteiger partial charge in [0.05, 0.1) is 57.6 Å². The monoisotopic (exact) mass is 635 g/mol. The summed E-state index contributed by atoms with van der Waals surface area (Å²) in [5.41, 5.74) is 11.7. The number of nitrogens with zero attached hydrogens (tertiary/aromatic N) is 5. The van der Waals surface area contributed by atoms with Gasteiger partial charge in [0.2, 0.25) is 0 Å². The Hall–Kier alpha value is -7.39. The lowest BCUT2D eigenvalue weighted by molar-refractivity contribution is 1.18. The van der Waals surface area contributed by atoms with Crippen LogP contribution in [0.3, 0.4) is 0 Å². The quantitative estimate of drug-likeness (QED) is 0.181. The molecule has 7 aromatic carbocycles. The van der Waals surface area contributed by atoms with Crippen molar-refractivity contribution in [2.75, 3.05) is 0 Å². The summed E-state index contributed by atoms with van der Waals surface area (Å²) in [5, 5.41) is 24.3. The van der Waals surface area contributed by atoms with E-state index >= 15 is 0 Å². The maximum absolute atomic E-state index is 10.3. The van der Waals surface area contributed by atoms with Crippen molar-refractivity contribution in [3.63, 3.8) is 0 Å². The molecule has 0 aliphatic carbocycles. The van der Waals surface area contributed by atoms with Gasteiger partial charge in [0.1, 0.15) is 0 Å². The molecular weight excluding hydrogens is 611 g/mol. The van der Waals surface area contributed by atoms with E-state index in [4.69, 9.17) is 6.57 Å². The smallest absolute Gasteiger partial charge is 0.188 e. The molecule has 9 aromatic rings. The molecule has 0 aliphatic heterocycles. The van der Waals surface area contributed by atoms with Crippen LogP contribution in [0.5, 0.6) is 0 Å². The zero-order valence-corrected chi connectivity index (χ0v) is 26.7. The molecule has 2 heterocycles. The van der Waals surface area contributed by atoms with Gasteiger partial charge in [0.25, 0.3) is 0 Å². The van der Waals surface area contributed by atoms with Gasteiger partial charge in [-0.15, -0.1) is 0 Å². The number of rotatable bonds is 4. The zero-order chi connectivity index (χ0) is 33.8. The van der Waals surface area contributed by atoms with Crippen LogP contribution in [0.15, 0.2) is 152 Å². The van der Waals surface area contributed by atoms with E-state index in [0.717, 1.165) is 66.5 Å². The molecule has 9 rings (SSSR count). The Bertz CT molecular complexity index is 2900. The molecule has 50 heavy (non-hydrogen) atoms. The van der Waals surface area contributed by atoms with Crippen molar-refractivity contribution >= 4 is 49.3 Å². The highest BCUT2D eigenvalue weighted by molar-refractivity contribution is 6.11. The van der Waals surface area contributed by atoms with Crippen molar-refractivity contribution < 1.29 is 0 Å². The topological polar surface area (TPSA) is 61.8 Å². The molecule has 230 valence electrons. The second-order valence-corrected chi connectivity index (χ2v) is 12.3. The van der Waals surface area contributed by atoms with Gasteiger partial charge >= 0.3 is 0 Å². The second-order valence-electron chi connectivity index (χ2n) is 12.3. The lowest BCUT2D eigenvalue weighted by Gasteiger charge is -2.16. The third-order valence-corrected chi connectivity index (χ3v) is 9.60. The van der Waals surface area contributed by atoms with Crippen LogP contribution in [0.25, 0.3) is 82.1 Å². The minimum Gasteiger partial charge on any atom is -0.309 e. The third-order valence-electron chi connectivity index (χ3n) is 9.60. The molecule has 0 aliphatic rings. The first-order chi connectivity index (χ1) is 24.7. The number of aromatic nitrogens is 2. The van der Waals surface area contributed by atoms with Crippen molar-refractivity contribution in [1.82, 2.24) is 9.13 Å². The molecule has 0 saturated carbocycles. The Morgan fingerprint density at radius 1 is 0.480 bits per heavy atom. The molecule has 0 fully saturated rings. The highest BCUT2D eigenvalue weighted by Crippen LogP contribution is 2.39. The number of para-hydroxylation sites is 2. The molecule has 0 N–H and O–H groups in total. The van der Waals surface area contributed by atoms with Crippen LogP contribution in [0, 0.1) is 29.2 Å². The van der Waals surface area contributed by atoms with E-state index in [1.54, 1.807) is 0 Å². The molecule has 0 amide bonds. The molecule has 2 aromatic heterocycles. The molecule has 0 unspecified atom stereocenters. The van der Waals surface area contributed by atoms with Gasteiger partial charge in [-0.05, 0) is 82.7 Å². The van der Waals surface area contributed by atoms with Crippen LogP contribution in [-0.2, 0) is 0 Å². The Labute approximate surface area is 288 Å². The summed E-state index contributed by atoms with van der Waals surface area (Å²) >= 11 is 0. The molecular formula is C45H25N5. The fraction of sp³-hybridized carbons (Fsp3) is 0. The Morgan fingerprint density at radius 3 is 1.88 bits per heavy atom. The number of hydrogen-bond acceptors (Lipinski definition) is 2. The standard InChI is InChI=1S/C45H25N5/c1-48-34-21-23-42-39(26-34)38-22-16-29(27-46)24-44(38)49(42)35-10-6-8-32(25-35)30-17-19-31(20-18-30)45-33(28-47)9-7-15-43(45)50-40-13-4-2-11-36(40)37-12-3-5-14-41(37)50/h2-26H. The average molecular weight is 636 g/mol. The van der Waals surface area contributed by atoms with Crippen molar-refractivity contribution in [2.45, 2.75) is 0 Å². The highest BCUT2D eigenvalue weighted by atomic mass is 15.0. The Morgan fingerprint density at radius 2 is 1.16 bits per heavy atom. The maximum Gasteiger partial charge on any atom is 0.188 e. The van der Waals surface area contributed by atoms with Crippen LogP contribution in [-0.4, -0.2) is 9.13 Å². The van der Waals surface area contributed by atoms with E-state index in [1.807, 2.05) is 54.6 Å². The lowest BCUT2D eigenvalue weighted by Crippen LogP contribution is -1.99. The summed E-state index contributed by atoms with van der Waals surface area (Å²) in [7, 11) is 0. The van der Waals surface area contributed by atoms with Gasteiger partial charge in [-0.2, -0.15) is 10.5 Å². The normalized spacial score (nSPS) is 11.1. The van der Waals surface area contributed by atoms with Gasteiger partial charge in [0, 0.05) is 27.4 Å². The largest absolute Gasteiger partial charge is 0.309 e. The first-order valence-electron chi connectivity index (χ1n) is 16.3. The predicted octanol–water partition coefficient (Wildman–Crippen LogP) is 11.5. The summed E-state index contributed by atoms with van der Waals surface area (Å²) < 4.78 is 4.43. The first kappa shape index (κ1) is 28.8. The predicted molar refractivity (Wildman–Crippen MR) is 202 cm³/mol. The highest BCUT2D eigenvalue weighted by Gasteiger charge is 2.19. The van der Waals surface area contributed by atoms with Gasteiger partial charge < -0.3 is 9.13 Å². The maximum atomic E-state index is 10.3. The molecule has 0 bridgehead atoms. The van der Waals surface area contributed by atoms with Crippen molar-refractivity contribution in [2.24, 2.45) is 0 Å². The molecule has 0 radical (unpaired) electrons. The molecule has 0 spiro atoms. The lowest BCUT2D eigenvalue weighted by atomic mass is 9.95. The molecule has 5 heteroatoms. The van der Waals surface area contributed by atoms with Crippen LogP contribution >= 0.6 is 0 Å². The Balaban J connectivity index is 1.18. The van der Waals surface area contributed by atoms with Crippen LogP contribution in [0.1, 0.15) is 11.1 Å². The molecule has 5 nitrogen and oxygen atoms in total. The summed E-state index contributed by atoms with van der Waals surface area (Å²) in [5.74, 6) is 0. The molecule has 0 atom stereocenters. The molecule has 0 saturated heterocycles. The van der Waals surface area contributed by atoms with Crippen molar-refractivity contribution in [1.29, 1.82) is 10.5 Å². The van der Waals surface area contributed by atoms with E-state index in [2.05, 4.69) is 123 Å². The van der Waals surface area contributed by atoms with E-state index < -0.39 is 0 Å². The number of benzene rings is 7. The summed E-state index contributed by atoms with van der Waals surface area (Å²) in [6.07, 6.45) is 0.